The third-order valence-corrected chi connectivity index (χ3v) is 6.13. The maximum atomic E-state index is 12.4. The fourth-order valence-electron chi connectivity index (χ4n) is 4.54. The van der Waals surface area contributed by atoms with Crippen LogP contribution in [0.5, 0.6) is 5.75 Å². The van der Waals surface area contributed by atoms with Gasteiger partial charge in [-0.3, -0.25) is 14.5 Å². The van der Waals surface area contributed by atoms with Gasteiger partial charge in [0, 0.05) is 36.9 Å². The number of furan rings is 1. The number of nitrogens with one attached hydrogen (secondary N) is 2. The van der Waals surface area contributed by atoms with Gasteiger partial charge in [-0.25, -0.2) is 0 Å². The normalized spacial score (nSPS) is 20.2. The van der Waals surface area contributed by atoms with Gasteiger partial charge >= 0.3 is 0 Å². The summed E-state index contributed by atoms with van der Waals surface area (Å²) in [5.74, 6) is 0.316. The minimum absolute atomic E-state index is 0.0461. The van der Waals surface area contributed by atoms with Crippen molar-refractivity contribution in [3.05, 3.63) is 48.4 Å². The molecule has 0 bridgehead atoms. The highest BCUT2D eigenvalue weighted by atomic mass is 16.5. The fraction of sp³-hybridized carbons (Fsp3) is 0.500. The number of hydrogen-bond acceptors (Lipinski definition) is 5. The molecule has 1 unspecified atom stereocenters. The Kier molecular flexibility index (Phi) is 7.25. The molecule has 1 atom stereocenters. The molecule has 0 spiro atoms. The van der Waals surface area contributed by atoms with E-state index in [1.165, 1.54) is 44.8 Å². The number of ether oxygens (including phenoxy) is 1. The molecule has 1 saturated carbocycles. The van der Waals surface area contributed by atoms with Crippen LogP contribution in [0.25, 0.3) is 0 Å². The third kappa shape index (κ3) is 6.10. The Morgan fingerprint density at radius 3 is 2.68 bits per heavy atom. The Morgan fingerprint density at radius 2 is 1.90 bits per heavy atom. The van der Waals surface area contributed by atoms with Crippen LogP contribution in [-0.4, -0.2) is 48.5 Å². The SMILES string of the molecule is O=C(COc1cccc(NC(=O)c2ccco2)c1)NC1CCN(C2CCCCCC2)C1. The molecule has 166 valence electrons. The zero-order valence-electron chi connectivity index (χ0n) is 17.8. The van der Waals surface area contributed by atoms with Gasteiger partial charge in [-0.05, 0) is 43.5 Å². The monoisotopic (exact) mass is 425 g/mol. The number of rotatable bonds is 7. The molecule has 4 rings (SSSR count). The molecule has 1 saturated heterocycles. The highest BCUT2D eigenvalue weighted by Crippen LogP contribution is 2.25. The number of carbonyl (C=O) groups excluding carboxylic acids is 2. The minimum Gasteiger partial charge on any atom is -0.484 e. The van der Waals surface area contributed by atoms with Gasteiger partial charge in [0.25, 0.3) is 11.8 Å². The van der Waals surface area contributed by atoms with Crippen LogP contribution in [0.15, 0.2) is 47.1 Å². The Bertz CT molecular complexity index is 859. The van der Waals surface area contributed by atoms with Crippen molar-refractivity contribution in [2.24, 2.45) is 0 Å². The van der Waals surface area contributed by atoms with Crippen LogP contribution in [-0.2, 0) is 4.79 Å². The van der Waals surface area contributed by atoms with Gasteiger partial charge in [0.2, 0.25) is 0 Å². The summed E-state index contributed by atoms with van der Waals surface area (Å²) in [7, 11) is 0. The lowest BCUT2D eigenvalue weighted by Crippen LogP contribution is -2.41. The van der Waals surface area contributed by atoms with E-state index in [4.69, 9.17) is 9.15 Å². The summed E-state index contributed by atoms with van der Waals surface area (Å²) in [4.78, 5) is 27.0. The largest absolute Gasteiger partial charge is 0.484 e. The van der Waals surface area contributed by atoms with E-state index in [0.717, 1.165) is 19.5 Å². The first kappa shape index (κ1) is 21.4. The van der Waals surface area contributed by atoms with Crippen molar-refractivity contribution in [1.29, 1.82) is 0 Å². The number of amides is 2. The van der Waals surface area contributed by atoms with Gasteiger partial charge in [-0.15, -0.1) is 0 Å². The predicted octanol–water partition coefficient (Wildman–Crippen LogP) is 3.82. The number of anilines is 1. The van der Waals surface area contributed by atoms with Crippen molar-refractivity contribution in [2.45, 2.75) is 57.0 Å². The summed E-state index contributed by atoms with van der Waals surface area (Å²) in [5, 5.41) is 5.86. The first-order valence-corrected chi connectivity index (χ1v) is 11.3. The Morgan fingerprint density at radius 1 is 1.06 bits per heavy atom. The van der Waals surface area contributed by atoms with Crippen molar-refractivity contribution >= 4 is 17.5 Å². The molecule has 7 nitrogen and oxygen atoms in total. The van der Waals surface area contributed by atoms with E-state index in [1.54, 1.807) is 36.4 Å². The molecule has 1 aliphatic carbocycles. The molecular weight excluding hydrogens is 394 g/mol. The molecule has 2 fully saturated rings. The molecule has 1 aromatic carbocycles. The second-order valence-electron chi connectivity index (χ2n) is 8.44. The summed E-state index contributed by atoms with van der Waals surface area (Å²) in [6.07, 6.45) is 10.4. The van der Waals surface area contributed by atoms with Crippen molar-refractivity contribution < 1.29 is 18.7 Å². The average Bonchev–Trinajstić information content (AvgIpc) is 3.40. The van der Waals surface area contributed by atoms with Crippen molar-refractivity contribution in [3.63, 3.8) is 0 Å². The summed E-state index contributed by atoms with van der Waals surface area (Å²) < 4.78 is 10.7. The van der Waals surface area contributed by atoms with E-state index in [1.807, 2.05) is 0 Å². The van der Waals surface area contributed by atoms with E-state index in [0.29, 0.717) is 17.5 Å². The van der Waals surface area contributed by atoms with Gasteiger partial charge < -0.3 is 19.8 Å². The molecule has 0 radical (unpaired) electrons. The molecule has 2 aromatic rings. The van der Waals surface area contributed by atoms with Crippen LogP contribution in [0, 0.1) is 0 Å². The first-order valence-electron chi connectivity index (χ1n) is 11.3. The van der Waals surface area contributed by atoms with Crippen LogP contribution >= 0.6 is 0 Å². The molecule has 31 heavy (non-hydrogen) atoms. The summed E-state index contributed by atoms with van der Waals surface area (Å²) in [6.45, 7) is 1.95. The second kappa shape index (κ2) is 10.5. The number of carbonyl (C=O) groups is 2. The standard InChI is InChI=1S/C24H31N3O4/c28-23(25-19-12-13-27(16-19)20-8-3-1-2-4-9-20)17-31-21-10-5-7-18(15-21)26-24(29)22-11-6-14-30-22/h5-7,10-11,14-15,19-20H,1-4,8-9,12-13,16-17H2,(H,25,28)(H,26,29). The maximum Gasteiger partial charge on any atom is 0.291 e. The van der Waals surface area contributed by atoms with Crippen LogP contribution in [0.2, 0.25) is 0 Å². The Balaban J connectivity index is 1.21. The highest BCUT2D eigenvalue weighted by Gasteiger charge is 2.29. The second-order valence-corrected chi connectivity index (χ2v) is 8.44. The van der Waals surface area contributed by atoms with Gasteiger partial charge in [0.1, 0.15) is 5.75 Å². The molecule has 2 heterocycles. The van der Waals surface area contributed by atoms with Crippen molar-refractivity contribution in [2.75, 3.05) is 25.0 Å². The van der Waals surface area contributed by atoms with E-state index in [2.05, 4.69) is 15.5 Å². The Labute approximate surface area is 183 Å². The van der Waals surface area contributed by atoms with E-state index < -0.39 is 0 Å². The minimum atomic E-state index is -0.334. The predicted molar refractivity (Wildman–Crippen MR) is 118 cm³/mol. The fourth-order valence-corrected chi connectivity index (χ4v) is 4.54. The quantitative estimate of drug-likeness (QED) is 0.659. The number of benzene rings is 1. The lowest BCUT2D eigenvalue weighted by Gasteiger charge is -2.26. The molecule has 7 heteroatoms. The summed E-state index contributed by atoms with van der Waals surface area (Å²) >= 11 is 0. The van der Waals surface area contributed by atoms with Gasteiger partial charge in [0.15, 0.2) is 12.4 Å². The average molecular weight is 426 g/mol. The topological polar surface area (TPSA) is 83.8 Å². The molecule has 2 N–H and O–H groups in total. The zero-order valence-corrected chi connectivity index (χ0v) is 17.8. The first-order chi connectivity index (χ1) is 15.2. The third-order valence-electron chi connectivity index (χ3n) is 6.13. The Hall–Kier alpha value is -2.80. The van der Waals surface area contributed by atoms with Gasteiger partial charge in [-0.1, -0.05) is 31.7 Å². The molecule has 2 amide bonds. The maximum absolute atomic E-state index is 12.4. The molecular formula is C24H31N3O4. The van der Waals surface area contributed by atoms with Gasteiger partial charge in [-0.2, -0.15) is 0 Å². The van der Waals surface area contributed by atoms with Crippen molar-refractivity contribution in [1.82, 2.24) is 10.2 Å². The van der Waals surface area contributed by atoms with Crippen LogP contribution in [0.4, 0.5) is 5.69 Å². The number of likely N-dealkylation sites (tertiary alicyclic amines) is 1. The van der Waals surface area contributed by atoms with Crippen LogP contribution in [0.3, 0.4) is 0 Å². The zero-order chi connectivity index (χ0) is 21.5. The molecule has 2 aliphatic rings. The number of nitrogens with zero attached hydrogens (tertiary/aromatic N) is 1. The van der Waals surface area contributed by atoms with Gasteiger partial charge in [0.05, 0.1) is 6.26 Å². The molecule has 1 aromatic heterocycles. The summed E-state index contributed by atoms with van der Waals surface area (Å²) in [6, 6.07) is 11.1. The van der Waals surface area contributed by atoms with E-state index in [9.17, 15) is 9.59 Å². The molecule has 1 aliphatic heterocycles. The smallest absolute Gasteiger partial charge is 0.291 e. The van der Waals surface area contributed by atoms with Crippen LogP contribution < -0.4 is 15.4 Å². The van der Waals surface area contributed by atoms with E-state index in [-0.39, 0.29) is 30.2 Å². The van der Waals surface area contributed by atoms with Crippen molar-refractivity contribution in [3.8, 4) is 5.75 Å². The summed E-state index contributed by atoms with van der Waals surface area (Å²) in [5.41, 5.74) is 0.578. The lowest BCUT2D eigenvalue weighted by atomic mass is 10.1. The highest BCUT2D eigenvalue weighted by molar-refractivity contribution is 6.02. The van der Waals surface area contributed by atoms with Crippen LogP contribution in [0.1, 0.15) is 55.5 Å². The van der Waals surface area contributed by atoms with E-state index >= 15 is 0 Å². The lowest BCUT2D eigenvalue weighted by molar-refractivity contribution is -0.123. The number of hydrogen-bond donors (Lipinski definition) is 2.